The van der Waals surface area contributed by atoms with Crippen LogP contribution in [0.25, 0.3) is 0 Å². The molecule has 1 heterocycles. The second-order valence-corrected chi connectivity index (χ2v) is 5.15. The van der Waals surface area contributed by atoms with Crippen LogP contribution in [0.1, 0.15) is 24.2 Å². The van der Waals surface area contributed by atoms with Gasteiger partial charge in [-0.05, 0) is 42.3 Å². The van der Waals surface area contributed by atoms with Crippen molar-refractivity contribution in [3.05, 3.63) is 52.0 Å². The van der Waals surface area contributed by atoms with Gasteiger partial charge in [-0.25, -0.2) is 4.39 Å². The third kappa shape index (κ3) is 2.89. The summed E-state index contributed by atoms with van der Waals surface area (Å²) in [6, 6.07) is 6.68. The van der Waals surface area contributed by atoms with Crippen LogP contribution in [0.15, 0.2) is 35.0 Å². The fourth-order valence-electron chi connectivity index (χ4n) is 1.71. The molecule has 0 amide bonds. The zero-order chi connectivity index (χ0) is 13.1. The molecule has 0 aliphatic carbocycles. The molecular formula is C14H16FNOS. The Bertz CT molecular complexity index is 511. The van der Waals surface area contributed by atoms with Crippen molar-refractivity contribution in [2.24, 2.45) is 5.73 Å². The van der Waals surface area contributed by atoms with Gasteiger partial charge in [0.15, 0.2) is 0 Å². The molecule has 2 rings (SSSR count). The molecule has 2 atom stereocenters. The van der Waals surface area contributed by atoms with E-state index in [0.717, 1.165) is 5.56 Å². The molecule has 0 aliphatic rings. The monoisotopic (exact) mass is 265 g/mol. The van der Waals surface area contributed by atoms with Crippen LogP contribution in [-0.2, 0) is 0 Å². The SMILES string of the molecule is Cc1ccc(OC(c2ccsc2)C(C)N)cc1F. The van der Waals surface area contributed by atoms with Gasteiger partial charge in [0.25, 0.3) is 0 Å². The number of rotatable bonds is 4. The summed E-state index contributed by atoms with van der Waals surface area (Å²) in [6.45, 7) is 3.61. The van der Waals surface area contributed by atoms with Crippen molar-refractivity contribution >= 4 is 11.3 Å². The van der Waals surface area contributed by atoms with Crippen LogP contribution >= 0.6 is 11.3 Å². The van der Waals surface area contributed by atoms with Crippen LogP contribution in [0.3, 0.4) is 0 Å². The lowest BCUT2D eigenvalue weighted by molar-refractivity contribution is 0.180. The fraction of sp³-hybridized carbons (Fsp3) is 0.286. The highest BCUT2D eigenvalue weighted by molar-refractivity contribution is 7.07. The minimum atomic E-state index is -0.263. The van der Waals surface area contributed by atoms with E-state index in [1.54, 1.807) is 30.4 Å². The van der Waals surface area contributed by atoms with Crippen molar-refractivity contribution in [2.45, 2.75) is 26.0 Å². The van der Waals surface area contributed by atoms with Crippen LogP contribution in [-0.4, -0.2) is 6.04 Å². The smallest absolute Gasteiger partial charge is 0.139 e. The van der Waals surface area contributed by atoms with Gasteiger partial charge in [0.1, 0.15) is 17.7 Å². The van der Waals surface area contributed by atoms with E-state index in [-0.39, 0.29) is 18.0 Å². The molecule has 2 unspecified atom stereocenters. The van der Waals surface area contributed by atoms with Crippen molar-refractivity contribution in [1.29, 1.82) is 0 Å². The predicted octanol–water partition coefficient (Wildman–Crippen LogP) is 3.66. The zero-order valence-electron chi connectivity index (χ0n) is 10.4. The molecule has 0 radical (unpaired) electrons. The van der Waals surface area contributed by atoms with Gasteiger partial charge < -0.3 is 10.5 Å². The summed E-state index contributed by atoms with van der Waals surface area (Å²) in [5, 5.41) is 3.97. The highest BCUT2D eigenvalue weighted by Crippen LogP contribution is 2.26. The predicted molar refractivity (Wildman–Crippen MR) is 72.5 cm³/mol. The normalized spacial score (nSPS) is 14.2. The Kier molecular flexibility index (Phi) is 3.99. The maximum absolute atomic E-state index is 13.5. The van der Waals surface area contributed by atoms with E-state index >= 15 is 0 Å². The molecule has 0 fully saturated rings. The molecular weight excluding hydrogens is 249 g/mol. The number of hydrogen-bond donors (Lipinski definition) is 1. The Morgan fingerprint density at radius 2 is 2.11 bits per heavy atom. The summed E-state index contributed by atoms with van der Waals surface area (Å²) in [5.74, 6) is 0.243. The Balaban J connectivity index is 2.21. The number of aryl methyl sites for hydroxylation is 1. The van der Waals surface area contributed by atoms with Gasteiger partial charge in [-0.2, -0.15) is 11.3 Å². The highest BCUT2D eigenvalue weighted by atomic mass is 32.1. The van der Waals surface area contributed by atoms with Crippen LogP contribution in [0.2, 0.25) is 0 Å². The minimum absolute atomic E-state index is 0.163. The molecule has 0 saturated carbocycles. The molecule has 2 N–H and O–H groups in total. The molecule has 2 nitrogen and oxygen atoms in total. The van der Waals surface area contributed by atoms with Gasteiger partial charge in [-0.3, -0.25) is 0 Å². The van der Waals surface area contributed by atoms with Gasteiger partial charge in [0.2, 0.25) is 0 Å². The van der Waals surface area contributed by atoms with Gasteiger partial charge in [-0.1, -0.05) is 6.07 Å². The first-order valence-electron chi connectivity index (χ1n) is 5.78. The van der Waals surface area contributed by atoms with Gasteiger partial charge in [0, 0.05) is 17.7 Å². The second kappa shape index (κ2) is 5.50. The lowest BCUT2D eigenvalue weighted by atomic mass is 10.1. The van der Waals surface area contributed by atoms with E-state index in [1.165, 1.54) is 6.07 Å². The largest absolute Gasteiger partial charge is 0.484 e. The number of ether oxygens (including phenoxy) is 1. The highest BCUT2D eigenvalue weighted by Gasteiger charge is 2.19. The third-order valence-electron chi connectivity index (χ3n) is 2.76. The van der Waals surface area contributed by atoms with Crippen LogP contribution in [0.4, 0.5) is 4.39 Å². The lowest BCUT2D eigenvalue weighted by Gasteiger charge is -2.22. The summed E-state index contributed by atoms with van der Waals surface area (Å²) >= 11 is 1.59. The summed E-state index contributed by atoms with van der Waals surface area (Å²) in [6.07, 6.45) is -0.252. The van der Waals surface area contributed by atoms with Crippen molar-refractivity contribution in [2.75, 3.05) is 0 Å². The Morgan fingerprint density at radius 1 is 1.33 bits per heavy atom. The van der Waals surface area contributed by atoms with Crippen LogP contribution in [0, 0.1) is 12.7 Å². The summed E-state index contributed by atoms with van der Waals surface area (Å²) in [4.78, 5) is 0. The summed E-state index contributed by atoms with van der Waals surface area (Å²) in [5.41, 5.74) is 7.56. The van der Waals surface area contributed by atoms with Crippen molar-refractivity contribution in [3.8, 4) is 5.75 Å². The average molecular weight is 265 g/mol. The van der Waals surface area contributed by atoms with Crippen LogP contribution < -0.4 is 10.5 Å². The van der Waals surface area contributed by atoms with E-state index in [2.05, 4.69) is 0 Å². The quantitative estimate of drug-likeness (QED) is 0.915. The number of hydrogen-bond acceptors (Lipinski definition) is 3. The van der Waals surface area contributed by atoms with E-state index in [0.29, 0.717) is 11.3 Å². The van der Waals surface area contributed by atoms with Crippen LogP contribution in [0.5, 0.6) is 5.75 Å². The van der Waals surface area contributed by atoms with Crippen molar-refractivity contribution in [1.82, 2.24) is 0 Å². The number of benzene rings is 1. The number of thiophene rings is 1. The van der Waals surface area contributed by atoms with Gasteiger partial charge in [0.05, 0.1) is 0 Å². The first kappa shape index (κ1) is 13.1. The molecule has 0 saturated heterocycles. The molecule has 0 spiro atoms. The number of halogens is 1. The second-order valence-electron chi connectivity index (χ2n) is 4.37. The average Bonchev–Trinajstić information content (AvgIpc) is 2.83. The van der Waals surface area contributed by atoms with E-state index in [9.17, 15) is 4.39 Å². The Labute approximate surface area is 110 Å². The van der Waals surface area contributed by atoms with Crippen molar-refractivity contribution in [3.63, 3.8) is 0 Å². The molecule has 96 valence electrons. The maximum atomic E-state index is 13.5. The maximum Gasteiger partial charge on any atom is 0.139 e. The molecule has 4 heteroatoms. The van der Waals surface area contributed by atoms with E-state index in [1.807, 2.05) is 23.8 Å². The standard InChI is InChI=1S/C14H16FNOS/c1-9-3-4-12(7-13(9)15)17-14(10(2)16)11-5-6-18-8-11/h3-8,10,14H,16H2,1-2H3. The molecule has 0 bridgehead atoms. The topological polar surface area (TPSA) is 35.2 Å². The molecule has 1 aromatic carbocycles. The zero-order valence-corrected chi connectivity index (χ0v) is 11.2. The Hall–Kier alpha value is -1.39. The number of nitrogens with two attached hydrogens (primary N) is 1. The summed E-state index contributed by atoms with van der Waals surface area (Å²) in [7, 11) is 0. The molecule has 2 aromatic rings. The molecule has 0 aliphatic heterocycles. The summed E-state index contributed by atoms with van der Waals surface area (Å²) < 4.78 is 19.3. The molecule has 1 aromatic heterocycles. The third-order valence-corrected chi connectivity index (χ3v) is 3.46. The molecule has 18 heavy (non-hydrogen) atoms. The first-order chi connectivity index (χ1) is 8.58. The first-order valence-corrected chi connectivity index (χ1v) is 6.72. The van der Waals surface area contributed by atoms with Gasteiger partial charge in [-0.15, -0.1) is 0 Å². The fourth-order valence-corrected chi connectivity index (χ4v) is 2.39. The van der Waals surface area contributed by atoms with E-state index in [4.69, 9.17) is 10.5 Å². The lowest BCUT2D eigenvalue weighted by Crippen LogP contribution is -2.28. The van der Waals surface area contributed by atoms with Gasteiger partial charge >= 0.3 is 0 Å². The van der Waals surface area contributed by atoms with Crippen molar-refractivity contribution < 1.29 is 9.13 Å². The van der Waals surface area contributed by atoms with E-state index < -0.39 is 0 Å². The minimum Gasteiger partial charge on any atom is -0.484 e. The Morgan fingerprint density at radius 3 is 2.67 bits per heavy atom.